The summed E-state index contributed by atoms with van der Waals surface area (Å²) in [7, 11) is 0. The standard InChI is InChI=1S/C15H18O3/c1-3-7-12-14(16)11-8-5-6-9-13(11)18-15(12)17-10-4-2/h5-6,8-9H,3-4,7,10H2,1-2H3. The molecular formula is C15H18O3. The number of hydrogen-bond acceptors (Lipinski definition) is 3. The van der Waals surface area contributed by atoms with Crippen molar-refractivity contribution in [2.45, 2.75) is 33.1 Å². The quantitative estimate of drug-likeness (QED) is 0.810. The number of benzene rings is 1. The van der Waals surface area contributed by atoms with Gasteiger partial charge in [-0.15, -0.1) is 0 Å². The minimum Gasteiger partial charge on any atom is -0.465 e. The van der Waals surface area contributed by atoms with Gasteiger partial charge >= 0.3 is 0 Å². The van der Waals surface area contributed by atoms with Crippen LogP contribution in [0.1, 0.15) is 32.3 Å². The highest BCUT2D eigenvalue weighted by Gasteiger charge is 2.14. The largest absolute Gasteiger partial charge is 0.465 e. The highest BCUT2D eigenvalue weighted by atomic mass is 16.6. The molecule has 0 spiro atoms. The fraction of sp³-hybridized carbons (Fsp3) is 0.400. The third kappa shape index (κ3) is 2.40. The summed E-state index contributed by atoms with van der Waals surface area (Å²) in [6.45, 7) is 4.63. The Labute approximate surface area is 106 Å². The van der Waals surface area contributed by atoms with Crippen molar-refractivity contribution >= 4 is 11.0 Å². The Kier molecular flexibility index (Phi) is 4.03. The zero-order chi connectivity index (χ0) is 13.0. The molecule has 18 heavy (non-hydrogen) atoms. The van der Waals surface area contributed by atoms with Crippen molar-refractivity contribution in [3.05, 3.63) is 40.1 Å². The van der Waals surface area contributed by atoms with E-state index in [0.717, 1.165) is 12.8 Å². The maximum Gasteiger partial charge on any atom is 0.292 e. The molecule has 0 saturated heterocycles. The molecule has 0 fully saturated rings. The summed E-state index contributed by atoms with van der Waals surface area (Å²) < 4.78 is 11.3. The van der Waals surface area contributed by atoms with E-state index >= 15 is 0 Å². The second-order valence-electron chi connectivity index (χ2n) is 4.29. The lowest BCUT2D eigenvalue weighted by Gasteiger charge is -2.09. The zero-order valence-corrected chi connectivity index (χ0v) is 10.9. The molecule has 2 aromatic rings. The van der Waals surface area contributed by atoms with Gasteiger partial charge in [-0.3, -0.25) is 4.79 Å². The first kappa shape index (κ1) is 12.7. The smallest absolute Gasteiger partial charge is 0.292 e. The van der Waals surface area contributed by atoms with Gasteiger partial charge in [0, 0.05) is 0 Å². The third-order valence-corrected chi connectivity index (χ3v) is 2.79. The number of para-hydroxylation sites is 1. The molecule has 0 bridgehead atoms. The van der Waals surface area contributed by atoms with E-state index < -0.39 is 0 Å². The van der Waals surface area contributed by atoms with Crippen molar-refractivity contribution in [3.8, 4) is 5.95 Å². The summed E-state index contributed by atoms with van der Waals surface area (Å²) in [4.78, 5) is 12.4. The van der Waals surface area contributed by atoms with Crippen LogP contribution in [0, 0.1) is 0 Å². The fourth-order valence-electron chi connectivity index (χ4n) is 1.94. The van der Waals surface area contributed by atoms with Gasteiger partial charge in [0.05, 0.1) is 17.6 Å². The van der Waals surface area contributed by atoms with E-state index in [1.54, 1.807) is 12.1 Å². The molecule has 0 saturated carbocycles. The molecule has 1 heterocycles. The predicted octanol–water partition coefficient (Wildman–Crippen LogP) is 3.53. The van der Waals surface area contributed by atoms with Gasteiger partial charge in [-0.05, 0) is 25.0 Å². The molecule has 0 aliphatic heterocycles. The lowest BCUT2D eigenvalue weighted by Crippen LogP contribution is -2.12. The normalized spacial score (nSPS) is 10.8. The Hall–Kier alpha value is -1.77. The van der Waals surface area contributed by atoms with Gasteiger partial charge in [0.1, 0.15) is 5.58 Å². The fourth-order valence-corrected chi connectivity index (χ4v) is 1.94. The van der Waals surface area contributed by atoms with Crippen molar-refractivity contribution in [2.24, 2.45) is 0 Å². The molecule has 1 aromatic heterocycles. The Balaban J connectivity index is 2.59. The van der Waals surface area contributed by atoms with E-state index in [9.17, 15) is 4.79 Å². The lowest BCUT2D eigenvalue weighted by atomic mass is 10.1. The summed E-state index contributed by atoms with van der Waals surface area (Å²) in [5.41, 5.74) is 1.28. The Morgan fingerprint density at radius 3 is 2.67 bits per heavy atom. The van der Waals surface area contributed by atoms with Crippen LogP contribution in [0.4, 0.5) is 0 Å². The van der Waals surface area contributed by atoms with Gasteiger partial charge in [-0.25, -0.2) is 0 Å². The average Bonchev–Trinajstić information content (AvgIpc) is 2.40. The summed E-state index contributed by atoms with van der Waals surface area (Å²) in [5, 5.41) is 0.629. The second kappa shape index (κ2) is 5.71. The SMILES string of the molecule is CCCOc1oc2ccccc2c(=O)c1CCC. The Morgan fingerprint density at radius 2 is 1.94 bits per heavy atom. The molecule has 0 aliphatic rings. The maximum absolute atomic E-state index is 12.4. The molecule has 3 nitrogen and oxygen atoms in total. The van der Waals surface area contributed by atoms with E-state index in [-0.39, 0.29) is 5.43 Å². The summed E-state index contributed by atoms with van der Waals surface area (Å²) in [6.07, 6.45) is 2.47. The molecule has 0 aliphatic carbocycles. The Morgan fingerprint density at radius 1 is 1.17 bits per heavy atom. The topological polar surface area (TPSA) is 39.4 Å². The number of hydrogen-bond donors (Lipinski definition) is 0. The van der Waals surface area contributed by atoms with E-state index in [4.69, 9.17) is 9.15 Å². The second-order valence-corrected chi connectivity index (χ2v) is 4.29. The molecule has 3 heteroatoms. The molecule has 0 amide bonds. The van der Waals surface area contributed by atoms with Crippen LogP contribution < -0.4 is 10.2 Å². The third-order valence-electron chi connectivity index (χ3n) is 2.79. The van der Waals surface area contributed by atoms with Crippen molar-refractivity contribution in [3.63, 3.8) is 0 Å². The lowest BCUT2D eigenvalue weighted by molar-refractivity contribution is 0.241. The van der Waals surface area contributed by atoms with E-state index in [0.29, 0.717) is 35.5 Å². The zero-order valence-electron chi connectivity index (χ0n) is 10.9. The molecule has 0 N–H and O–H groups in total. The Bertz CT molecular complexity index is 584. The molecule has 96 valence electrons. The molecule has 0 unspecified atom stereocenters. The monoisotopic (exact) mass is 246 g/mol. The van der Waals surface area contributed by atoms with Gasteiger partial charge in [-0.2, -0.15) is 0 Å². The first-order chi connectivity index (χ1) is 8.77. The van der Waals surface area contributed by atoms with E-state index in [1.165, 1.54) is 0 Å². The van der Waals surface area contributed by atoms with Gasteiger partial charge in [0.15, 0.2) is 5.43 Å². The predicted molar refractivity (Wildman–Crippen MR) is 72.3 cm³/mol. The van der Waals surface area contributed by atoms with Crippen LogP contribution in [0.3, 0.4) is 0 Å². The van der Waals surface area contributed by atoms with Crippen LogP contribution in [0.5, 0.6) is 5.95 Å². The van der Waals surface area contributed by atoms with Gasteiger partial charge in [-0.1, -0.05) is 32.4 Å². The van der Waals surface area contributed by atoms with Gasteiger partial charge in [0.2, 0.25) is 0 Å². The van der Waals surface area contributed by atoms with Crippen molar-refractivity contribution in [1.29, 1.82) is 0 Å². The van der Waals surface area contributed by atoms with E-state index in [2.05, 4.69) is 0 Å². The molecular weight excluding hydrogens is 228 g/mol. The number of rotatable bonds is 5. The maximum atomic E-state index is 12.4. The summed E-state index contributed by atoms with van der Waals surface area (Å²) in [6, 6.07) is 7.30. The van der Waals surface area contributed by atoms with Crippen molar-refractivity contribution < 1.29 is 9.15 Å². The molecule has 0 radical (unpaired) electrons. The molecule has 1 aromatic carbocycles. The molecule has 0 atom stereocenters. The summed E-state index contributed by atoms with van der Waals surface area (Å²) in [5.74, 6) is 0.391. The van der Waals surface area contributed by atoms with Crippen molar-refractivity contribution in [2.75, 3.05) is 6.61 Å². The first-order valence-electron chi connectivity index (χ1n) is 6.45. The van der Waals surface area contributed by atoms with Gasteiger partial charge in [0.25, 0.3) is 5.95 Å². The van der Waals surface area contributed by atoms with Crippen LogP contribution in [0.15, 0.2) is 33.5 Å². The average molecular weight is 246 g/mol. The number of fused-ring (bicyclic) bond motifs is 1. The number of ether oxygens (including phenoxy) is 1. The van der Waals surface area contributed by atoms with Crippen LogP contribution >= 0.6 is 0 Å². The molecule has 2 rings (SSSR count). The summed E-state index contributed by atoms with van der Waals surface area (Å²) >= 11 is 0. The van der Waals surface area contributed by atoms with Crippen LogP contribution in [-0.2, 0) is 6.42 Å². The van der Waals surface area contributed by atoms with Crippen LogP contribution in [-0.4, -0.2) is 6.61 Å². The highest BCUT2D eigenvalue weighted by molar-refractivity contribution is 5.77. The van der Waals surface area contributed by atoms with Crippen LogP contribution in [0.2, 0.25) is 0 Å². The minimum absolute atomic E-state index is 0.0322. The first-order valence-corrected chi connectivity index (χ1v) is 6.45. The van der Waals surface area contributed by atoms with Crippen LogP contribution in [0.25, 0.3) is 11.0 Å². The van der Waals surface area contributed by atoms with E-state index in [1.807, 2.05) is 26.0 Å². The van der Waals surface area contributed by atoms with Gasteiger partial charge < -0.3 is 9.15 Å². The highest BCUT2D eigenvalue weighted by Crippen LogP contribution is 2.23. The minimum atomic E-state index is 0.0322. The van der Waals surface area contributed by atoms with Crippen molar-refractivity contribution in [1.82, 2.24) is 0 Å².